The molecule has 4 rings (SSSR count). The molecule has 1 aliphatic heterocycles. The predicted octanol–water partition coefficient (Wildman–Crippen LogP) is 8.06. The van der Waals surface area contributed by atoms with Crippen LogP contribution in [-0.2, 0) is 10.0 Å². The zero-order valence-electron chi connectivity index (χ0n) is 22.2. The molecule has 0 unspecified atom stereocenters. The van der Waals surface area contributed by atoms with E-state index >= 15 is 0 Å². The van der Waals surface area contributed by atoms with Gasteiger partial charge in [-0.3, -0.25) is 15.2 Å². The number of hydrogen-bond acceptors (Lipinski definition) is 5. The van der Waals surface area contributed by atoms with E-state index in [9.17, 15) is 8.42 Å². The molecule has 3 aromatic rings. The standard InChI is InChI=1S/C29H37N3O2S2/c1-18(2)22-15-24(19(3)4)29(25(16-22)20(5)6)36(33,34)31-26-13-12-23(14-21(26)7)30-32-17-35-28-11-9-8-10-27(28)32/h8-16,18-20,30-31H,17H2,1-7H3. The van der Waals surface area contributed by atoms with Gasteiger partial charge < -0.3 is 0 Å². The van der Waals surface area contributed by atoms with Crippen LogP contribution in [0.3, 0.4) is 0 Å². The topological polar surface area (TPSA) is 61.4 Å². The lowest BCUT2D eigenvalue weighted by Gasteiger charge is -2.24. The number of thioether (sulfide) groups is 1. The number of nitrogens with zero attached hydrogens (tertiary/aromatic N) is 1. The number of para-hydroxylation sites is 1. The lowest BCUT2D eigenvalue weighted by Crippen LogP contribution is -2.26. The Balaban J connectivity index is 1.65. The number of anilines is 3. The fourth-order valence-electron chi connectivity index (χ4n) is 4.50. The molecule has 1 heterocycles. The summed E-state index contributed by atoms with van der Waals surface area (Å²) in [7, 11) is -3.79. The van der Waals surface area contributed by atoms with Crippen molar-refractivity contribution in [3.8, 4) is 0 Å². The van der Waals surface area contributed by atoms with Gasteiger partial charge in [-0.25, -0.2) is 8.42 Å². The van der Waals surface area contributed by atoms with Gasteiger partial charge in [0, 0.05) is 4.90 Å². The van der Waals surface area contributed by atoms with Crippen molar-refractivity contribution in [2.24, 2.45) is 0 Å². The number of sulfonamides is 1. The quantitative estimate of drug-likeness (QED) is 0.313. The van der Waals surface area contributed by atoms with Gasteiger partial charge in [-0.1, -0.05) is 65.8 Å². The van der Waals surface area contributed by atoms with Crippen LogP contribution < -0.4 is 15.2 Å². The molecule has 0 fully saturated rings. The van der Waals surface area contributed by atoms with Crippen LogP contribution >= 0.6 is 11.8 Å². The van der Waals surface area contributed by atoms with Gasteiger partial charge in [0.25, 0.3) is 10.0 Å². The number of hydrazine groups is 1. The summed E-state index contributed by atoms with van der Waals surface area (Å²) >= 11 is 1.79. The molecule has 1 aliphatic rings. The van der Waals surface area contributed by atoms with Crippen molar-refractivity contribution in [1.29, 1.82) is 0 Å². The van der Waals surface area contributed by atoms with E-state index in [-0.39, 0.29) is 11.8 Å². The second-order valence-electron chi connectivity index (χ2n) is 10.4. The molecule has 0 radical (unpaired) electrons. The fourth-order valence-corrected chi connectivity index (χ4v) is 7.30. The molecule has 3 aromatic carbocycles. The molecule has 0 bridgehead atoms. The van der Waals surface area contributed by atoms with Crippen LogP contribution in [0.5, 0.6) is 0 Å². The average Bonchev–Trinajstić information content (AvgIpc) is 3.22. The van der Waals surface area contributed by atoms with Crippen molar-refractivity contribution >= 4 is 38.8 Å². The Morgan fingerprint density at radius 1 is 0.861 bits per heavy atom. The normalized spacial score (nSPS) is 13.6. The Labute approximate surface area is 220 Å². The number of benzene rings is 3. The summed E-state index contributed by atoms with van der Waals surface area (Å²) in [6.45, 7) is 14.5. The van der Waals surface area contributed by atoms with Gasteiger partial charge in [-0.15, -0.1) is 11.8 Å². The highest BCUT2D eigenvalue weighted by Crippen LogP contribution is 2.39. The summed E-state index contributed by atoms with van der Waals surface area (Å²) < 4.78 is 30.6. The highest BCUT2D eigenvalue weighted by Gasteiger charge is 2.27. The number of hydrogen-bond donors (Lipinski definition) is 2. The second-order valence-corrected chi connectivity index (χ2v) is 13.0. The van der Waals surface area contributed by atoms with Crippen LogP contribution in [0.25, 0.3) is 0 Å². The Bertz CT molecular complexity index is 1340. The lowest BCUT2D eigenvalue weighted by molar-refractivity contribution is 0.595. The first-order valence-corrected chi connectivity index (χ1v) is 15.0. The van der Waals surface area contributed by atoms with Gasteiger partial charge in [-0.05, 0) is 77.3 Å². The SMILES string of the molecule is Cc1cc(NN2CSc3ccccc32)ccc1NS(=O)(=O)c1c(C(C)C)cc(C(C)C)cc1C(C)C. The first-order valence-electron chi connectivity index (χ1n) is 12.5. The summed E-state index contributed by atoms with van der Waals surface area (Å²) in [5.74, 6) is 1.31. The highest BCUT2D eigenvalue weighted by molar-refractivity contribution is 7.99. The highest BCUT2D eigenvalue weighted by atomic mass is 32.2. The summed E-state index contributed by atoms with van der Waals surface area (Å²) in [5.41, 5.74) is 9.90. The molecule has 2 N–H and O–H groups in total. The van der Waals surface area contributed by atoms with E-state index in [0.717, 1.165) is 33.9 Å². The molecule has 0 aliphatic carbocycles. The summed E-state index contributed by atoms with van der Waals surface area (Å²) in [5, 5.41) is 2.11. The zero-order valence-corrected chi connectivity index (χ0v) is 23.8. The van der Waals surface area contributed by atoms with Crippen molar-refractivity contribution in [2.75, 3.05) is 21.0 Å². The summed E-state index contributed by atoms with van der Waals surface area (Å²) in [6.07, 6.45) is 0. The molecule has 0 spiro atoms. The van der Waals surface area contributed by atoms with Crippen molar-refractivity contribution in [3.63, 3.8) is 0 Å². The largest absolute Gasteiger partial charge is 0.298 e. The van der Waals surface area contributed by atoms with Crippen LogP contribution in [0.4, 0.5) is 17.1 Å². The van der Waals surface area contributed by atoms with Crippen LogP contribution in [0.2, 0.25) is 0 Å². The van der Waals surface area contributed by atoms with Crippen molar-refractivity contribution < 1.29 is 8.42 Å². The monoisotopic (exact) mass is 523 g/mol. The smallest absolute Gasteiger partial charge is 0.262 e. The van der Waals surface area contributed by atoms with Crippen molar-refractivity contribution in [3.05, 3.63) is 76.9 Å². The van der Waals surface area contributed by atoms with Gasteiger partial charge in [0.05, 0.1) is 27.8 Å². The summed E-state index contributed by atoms with van der Waals surface area (Å²) in [4.78, 5) is 1.67. The molecule has 0 aromatic heterocycles. The molecular formula is C29H37N3O2S2. The second kappa shape index (κ2) is 10.4. The van der Waals surface area contributed by atoms with Crippen LogP contribution in [0.1, 0.15) is 81.5 Å². The minimum atomic E-state index is -3.79. The molecule has 0 saturated carbocycles. The van der Waals surface area contributed by atoms with Gasteiger partial charge >= 0.3 is 0 Å². The van der Waals surface area contributed by atoms with Gasteiger partial charge in [-0.2, -0.15) is 0 Å². The number of aryl methyl sites for hydroxylation is 1. The Kier molecular flexibility index (Phi) is 7.62. The molecular weight excluding hydrogens is 486 g/mol. The van der Waals surface area contributed by atoms with E-state index in [1.807, 2.05) is 37.3 Å². The van der Waals surface area contributed by atoms with Crippen LogP contribution in [0, 0.1) is 6.92 Å². The summed E-state index contributed by atoms with van der Waals surface area (Å²) in [6, 6.07) is 18.2. The average molecular weight is 524 g/mol. The maximum absolute atomic E-state index is 13.8. The Morgan fingerprint density at radius 3 is 2.08 bits per heavy atom. The van der Waals surface area contributed by atoms with Crippen LogP contribution in [-0.4, -0.2) is 14.3 Å². The molecule has 0 atom stereocenters. The third kappa shape index (κ3) is 5.37. The third-order valence-corrected chi connectivity index (χ3v) is 9.13. The van der Waals surface area contributed by atoms with E-state index in [0.29, 0.717) is 16.5 Å². The minimum Gasteiger partial charge on any atom is -0.298 e. The van der Waals surface area contributed by atoms with E-state index < -0.39 is 10.0 Å². The van der Waals surface area contributed by atoms with E-state index in [4.69, 9.17) is 0 Å². The maximum Gasteiger partial charge on any atom is 0.262 e. The molecule has 0 amide bonds. The van der Waals surface area contributed by atoms with Crippen LogP contribution in [0.15, 0.2) is 64.4 Å². The molecule has 36 heavy (non-hydrogen) atoms. The first-order chi connectivity index (χ1) is 17.0. The Morgan fingerprint density at radius 2 is 1.50 bits per heavy atom. The minimum absolute atomic E-state index is 0.0849. The zero-order chi connectivity index (χ0) is 26.2. The molecule has 7 heteroatoms. The third-order valence-electron chi connectivity index (χ3n) is 6.59. The van der Waals surface area contributed by atoms with E-state index in [1.54, 1.807) is 11.8 Å². The molecule has 0 saturated heterocycles. The predicted molar refractivity (Wildman–Crippen MR) is 154 cm³/mol. The van der Waals surface area contributed by atoms with E-state index in [1.165, 1.54) is 10.5 Å². The van der Waals surface area contributed by atoms with Crippen molar-refractivity contribution in [2.45, 2.75) is 76.0 Å². The fraction of sp³-hybridized carbons (Fsp3) is 0.379. The van der Waals surface area contributed by atoms with Gasteiger partial charge in [0.1, 0.15) is 0 Å². The number of fused-ring (bicyclic) bond motifs is 1. The van der Waals surface area contributed by atoms with E-state index in [2.05, 4.69) is 81.0 Å². The molecule has 5 nitrogen and oxygen atoms in total. The lowest BCUT2D eigenvalue weighted by atomic mass is 9.89. The Hall–Kier alpha value is -2.64. The number of nitrogens with one attached hydrogen (secondary N) is 2. The number of rotatable bonds is 8. The van der Waals surface area contributed by atoms with Gasteiger partial charge in [0.2, 0.25) is 0 Å². The van der Waals surface area contributed by atoms with Gasteiger partial charge in [0.15, 0.2) is 0 Å². The van der Waals surface area contributed by atoms with Crippen molar-refractivity contribution in [1.82, 2.24) is 0 Å². The maximum atomic E-state index is 13.8. The first kappa shape index (κ1) is 26.4. The molecule has 192 valence electrons.